The van der Waals surface area contributed by atoms with E-state index in [9.17, 15) is 14.5 Å². The lowest BCUT2D eigenvalue weighted by atomic mass is 9.75. The lowest BCUT2D eigenvalue weighted by molar-refractivity contribution is -0.140. The number of nitrogens with one attached hydrogen (secondary N) is 1. The van der Waals surface area contributed by atoms with E-state index in [0.29, 0.717) is 53.2 Å². The second kappa shape index (κ2) is 14.3. The Kier molecular flexibility index (Phi) is 10.2. The first-order valence-corrected chi connectivity index (χ1v) is 18.5. The highest BCUT2D eigenvalue weighted by Gasteiger charge is 2.36. The minimum Gasteiger partial charge on any atom is -0.616 e. The fraction of sp³-hybridized carbons (Fsp3) is 0.410. The molecular weight excluding hydrogens is 659 g/mol. The first-order valence-electron chi connectivity index (χ1n) is 17.0. The third-order valence-corrected chi connectivity index (χ3v) is 11.9. The minimum atomic E-state index is -1.42. The van der Waals surface area contributed by atoms with Crippen LogP contribution in [0.4, 0.5) is 8.78 Å². The number of aromatic amines is 1. The molecule has 3 atom stereocenters. The number of aryl methyl sites for hydroxylation is 3. The summed E-state index contributed by atoms with van der Waals surface area (Å²) in [6.45, 7) is 6.30. The van der Waals surface area contributed by atoms with Crippen molar-refractivity contribution in [3.63, 3.8) is 0 Å². The summed E-state index contributed by atoms with van der Waals surface area (Å²) in [4.78, 5) is 19.9. The number of hydrogen-bond donors (Lipinski definition) is 2. The maximum Gasteiger partial charge on any atom is 0.305 e. The molecule has 1 aliphatic heterocycles. The number of aromatic nitrogens is 4. The van der Waals surface area contributed by atoms with Gasteiger partial charge in [-0.3, -0.25) is 4.79 Å². The van der Waals surface area contributed by atoms with Crippen molar-refractivity contribution in [3.8, 4) is 11.4 Å². The molecule has 4 bridgehead atoms. The number of benzene rings is 3. The van der Waals surface area contributed by atoms with Gasteiger partial charge in [-0.2, -0.15) is 5.10 Å². The van der Waals surface area contributed by atoms with Crippen LogP contribution >= 0.6 is 0 Å². The normalized spacial score (nSPS) is 21.3. The van der Waals surface area contributed by atoms with E-state index in [1.54, 1.807) is 17.9 Å². The van der Waals surface area contributed by atoms with Gasteiger partial charge in [0.1, 0.15) is 29.2 Å². The summed E-state index contributed by atoms with van der Waals surface area (Å²) in [6, 6.07) is 15.4. The number of carbonyl (C=O) groups excluding carboxylic acids is 1. The van der Waals surface area contributed by atoms with E-state index >= 15 is 8.78 Å². The van der Waals surface area contributed by atoms with Crippen LogP contribution in [0.1, 0.15) is 86.2 Å². The van der Waals surface area contributed by atoms with Gasteiger partial charge in [-0.15, -0.1) is 0 Å². The topological polar surface area (TPSA) is 116 Å². The number of hydrogen-bond acceptors (Lipinski definition) is 6. The number of aliphatic hydroxyl groups excluding tert-OH is 1. The molecule has 3 aromatic carbocycles. The van der Waals surface area contributed by atoms with Gasteiger partial charge >= 0.3 is 5.97 Å². The molecule has 0 saturated carbocycles. The van der Waals surface area contributed by atoms with E-state index in [-0.39, 0.29) is 34.8 Å². The molecule has 0 radical (unpaired) electrons. The van der Waals surface area contributed by atoms with Gasteiger partial charge in [-0.05, 0) is 72.7 Å². The largest absolute Gasteiger partial charge is 0.616 e. The number of carbonyl (C=O) groups is 1. The number of ether oxygens (including phenoxy) is 1. The summed E-state index contributed by atoms with van der Waals surface area (Å²) in [7, 11) is 3.08. The lowest BCUT2D eigenvalue weighted by Crippen LogP contribution is -2.29. The summed E-state index contributed by atoms with van der Waals surface area (Å²) in [5.74, 6) is 0.103. The third kappa shape index (κ3) is 7.22. The van der Waals surface area contributed by atoms with Crippen molar-refractivity contribution < 1.29 is 28.0 Å². The number of halogens is 2. The molecule has 8 nitrogen and oxygen atoms in total. The van der Waals surface area contributed by atoms with E-state index in [1.807, 2.05) is 24.3 Å². The Morgan fingerprint density at radius 1 is 1.12 bits per heavy atom. The number of rotatable bonds is 4. The molecule has 2 N–H and O–H groups in total. The zero-order valence-electron chi connectivity index (χ0n) is 29.2. The number of methoxy groups -OCH3 is 1. The fourth-order valence-electron chi connectivity index (χ4n) is 7.25. The SMILES string of the molecule is COC(=O)CCc1cccc(C2(C)CCCC(C)(C)C[S+]([O-])CCc3c(c(F)cc4[nH]ccc34)C(O)c3ccc(F)c(c3)-c3nc2nn3C)c1. The van der Waals surface area contributed by atoms with Crippen LogP contribution < -0.4 is 0 Å². The molecule has 0 spiro atoms. The van der Waals surface area contributed by atoms with Crippen LogP contribution in [0.15, 0.2) is 60.8 Å². The second-order valence-electron chi connectivity index (χ2n) is 14.4. The average molecular weight is 703 g/mol. The molecule has 50 heavy (non-hydrogen) atoms. The Morgan fingerprint density at radius 2 is 1.92 bits per heavy atom. The summed E-state index contributed by atoms with van der Waals surface area (Å²) < 4.78 is 51.6. The third-order valence-electron chi connectivity index (χ3n) is 10.1. The van der Waals surface area contributed by atoms with Gasteiger partial charge in [0.2, 0.25) is 0 Å². The molecule has 2 aromatic heterocycles. The average Bonchev–Trinajstić information content (AvgIpc) is 3.71. The van der Waals surface area contributed by atoms with Gasteiger partial charge in [0.05, 0.1) is 18.1 Å². The van der Waals surface area contributed by atoms with Gasteiger partial charge in [0.25, 0.3) is 0 Å². The van der Waals surface area contributed by atoms with Gasteiger partial charge in [-0.25, -0.2) is 18.4 Å². The Hall–Kier alpha value is -4.06. The summed E-state index contributed by atoms with van der Waals surface area (Å²) in [6.07, 6.45) is 3.57. The van der Waals surface area contributed by atoms with Gasteiger partial charge in [-0.1, -0.05) is 61.8 Å². The van der Waals surface area contributed by atoms with Crippen LogP contribution in [0, 0.1) is 17.0 Å². The van der Waals surface area contributed by atoms with Gasteiger partial charge < -0.3 is 19.4 Å². The molecule has 3 unspecified atom stereocenters. The van der Waals surface area contributed by atoms with Crippen molar-refractivity contribution in [1.82, 2.24) is 19.7 Å². The van der Waals surface area contributed by atoms with Crippen LogP contribution in [-0.4, -0.2) is 54.0 Å². The van der Waals surface area contributed by atoms with Gasteiger partial charge in [0.15, 0.2) is 11.6 Å². The van der Waals surface area contributed by atoms with E-state index in [2.05, 4.69) is 31.8 Å². The lowest BCUT2D eigenvalue weighted by Gasteiger charge is -2.31. The predicted molar refractivity (Wildman–Crippen MR) is 191 cm³/mol. The van der Waals surface area contributed by atoms with Crippen LogP contribution in [0.3, 0.4) is 0 Å². The number of esters is 1. The van der Waals surface area contributed by atoms with Crippen LogP contribution in [0.5, 0.6) is 0 Å². The van der Waals surface area contributed by atoms with Crippen LogP contribution in [-0.2, 0) is 46.0 Å². The quantitative estimate of drug-likeness (QED) is 0.151. The Bertz CT molecular complexity index is 2020. The summed E-state index contributed by atoms with van der Waals surface area (Å²) >= 11 is -1.22. The monoisotopic (exact) mass is 702 g/mol. The predicted octanol–water partition coefficient (Wildman–Crippen LogP) is 7.24. The van der Waals surface area contributed by atoms with E-state index in [1.165, 1.54) is 31.4 Å². The standard InChI is InChI=1S/C39H44F2N4O4S/c1-38(2)16-7-17-39(3,26-9-6-8-24(20-26)10-13-33(46)49-5)37-43-36(45(4)44-37)29-21-25(11-12-30(29)40)35(47)34-28(15-19-50(48)23-38)27-14-18-42-32(27)22-31(34)41/h6,8-9,11-12,14,18,20-22,35,42,47H,7,10,13,15-17,19,23H2,1-5H3. The van der Waals surface area contributed by atoms with E-state index < -0.39 is 34.3 Å². The highest BCUT2D eigenvalue weighted by atomic mass is 32.2. The highest BCUT2D eigenvalue weighted by molar-refractivity contribution is 7.91. The van der Waals surface area contributed by atoms with Gasteiger partial charge in [0, 0.05) is 48.0 Å². The molecule has 5 aromatic rings. The summed E-state index contributed by atoms with van der Waals surface area (Å²) in [5.41, 5.74) is 2.65. The molecule has 0 saturated heterocycles. The Balaban J connectivity index is 1.49. The van der Waals surface area contributed by atoms with Crippen molar-refractivity contribution >= 4 is 28.0 Å². The van der Waals surface area contributed by atoms with Crippen LogP contribution in [0.25, 0.3) is 22.3 Å². The van der Waals surface area contributed by atoms with Crippen molar-refractivity contribution in [2.45, 2.75) is 70.8 Å². The van der Waals surface area contributed by atoms with Crippen LogP contribution in [0.2, 0.25) is 0 Å². The maximum atomic E-state index is 15.9. The molecule has 6 rings (SSSR count). The summed E-state index contributed by atoms with van der Waals surface area (Å²) in [5, 5.41) is 17.4. The first-order chi connectivity index (χ1) is 23.8. The zero-order chi connectivity index (χ0) is 35.8. The molecule has 11 heteroatoms. The highest BCUT2D eigenvalue weighted by Crippen LogP contribution is 2.40. The fourth-order valence-corrected chi connectivity index (χ4v) is 8.84. The Morgan fingerprint density at radius 3 is 2.70 bits per heavy atom. The molecule has 1 aliphatic rings. The maximum absolute atomic E-state index is 15.9. The molecule has 0 amide bonds. The smallest absolute Gasteiger partial charge is 0.305 e. The number of fused-ring (bicyclic) bond motifs is 8. The van der Waals surface area contributed by atoms with Crippen molar-refractivity contribution in [2.75, 3.05) is 18.6 Å². The second-order valence-corrected chi connectivity index (χ2v) is 16.0. The Labute approximate surface area is 294 Å². The van der Waals surface area contributed by atoms with Crippen molar-refractivity contribution in [2.24, 2.45) is 12.5 Å². The molecule has 0 fully saturated rings. The minimum absolute atomic E-state index is 0.0883. The number of H-pyrrole nitrogens is 1. The molecule has 264 valence electrons. The molecule has 0 aliphatic carbocycles. The molecular formula is C39H44F2N4O4S. The van der Waals surface area contributed by atoms with Crippen molar-refractivity contribution in [1.29, 1.82) is 0 Å². The van der Waals surface area contributed by atoms with Crippen molar-refractivity contribution in [3.05, 3.63) is 106 Å². The molecule has 3 heterocycles. The first kappa shape index (κ1) is 35.8. The zero-order valence-corrected chi connectivity index (χ0v) is 30.0. The number of aliphatic hydroxyl groups is 1. The van der Waals surface area contributed by atoms with E-state index in [0.717, 1.165) is 29.4 Å². The van der Waals surface area contributed by atoms with E-state index in [4.69, 9.17) is 14.8 Å². The number of nitrogens with zero attached hydrogens (tertiary/aromatic N) is 3.